The fraction of sp³-hybridized carbons (Fsp3) is 0.606. The van der Waals surface area contributed by atoms with E-state index in [2.05, 4.69) is 25.5 Å². The number of nitrogen functional groups attached to an aromatic ring is 1. The highest BCUT2D eigenvalue weighted by Gasteiger charge is 2.23. The molecule has 254 valence electrons. The summed E-state index contributed by atoms with van der Waals surface area (Å²) >= 11 is 1.40. The van der Waals surface area contributed by atoms with E-state index in [0.717, 1.165) is 29.8 Å². The minimum atomic E-state index is -0.622. The standard InChI is InChI=1S/C33H50N6O6S/c1-21-17-22(2)25(29(41)44-32(3,4)5)18-24(21)26-19-28(38-30(34)37-26)46-16-10-27(40)36-23(20-39-12-14-43-15-13-39)9-11-35-31(42)45-33(6,7)8/h17-19,23H,9-16,20H2,1-8H3,(H,35,42)(H,36,40)(H2,34,37,38). The number of hydrogen-bond donors (Lipinski definition) is 3. The van der Waals surface area contributed by atoms with Crippen LogP contribution in [0.1, 0.15) is 75.9 Å². The van der Waals surface area contributed by atoms with Gasteiger partial charge in [-0.15, -0.1) is 11.8 Å². The van der Waals surface area contributed by atoms with Crippen LogP contribution in [0.25, 0.3) is 11.3 Å². The van der Waals surface area contributed by atoms with Gasteiger partial charge in [-0.1, -0.05) is 6.07 Å². The molecule has 1 aliphatic heterocycles. The minimum Gasteiger partial charge on any atom is -0.456 e. The summed E-state index contributed by atoms with van der Waals surface area (Å²) in [4.78, 5) is 49.1. The van der Waals surface area contributed by atoms with Crippen LogP contribution < -0.4 is 16.4 Å². The van der Waals surface area contributed by atoms with Crippen molar-refractivity contribution in [3.05, 3.63) is 34.9 Å². The monoisotopic (exact) mass is 658 g/mol. The van der Waals surface area contributed by atoms with Crippen LogP contribution >= 0.6 is 11.8 Å². The van der Waals surface area contributed by atoms with Gasteiger partial charge in [0.05, 0.1) is 24.5 Å². The summed E-state index contributed by atoms with van der Waals surface area (Å²) in [5.41, 5.74) is 8.44. The first kappa shape index (κ1) is 37.0. The summed E-state index contributed by atoms with van der Waals surface area (Å²) in [5, 5.41) is 6.55. The van der Waals surface area contributed by atoms with Crippen molar-refractivity contribution in [2.45, 2.75) is 90.5 Å². The van der Waals surface area contributed by atoms with Gasteiger partial charge in [0.1, 0.15) is 16.2 Å². The highest BCUT2D eigenvalue weighted by molar-refractivity contribution is 7.99. The maximum Gasteiger partial charge on any atom is 0.407 e. The predicted octanol–water partition coefficient (Wildman–Crippen LogP) is 4.51. The number of ether oxygens (including phenoxy) is 3. The zero-order valence-corrected chi connectivity index (χ0v) is 29.3. The van der Waals surface area contributed by atoms with Crippen molar-refractivity contribution >= 4 is 35.7 Å². The summed E-state index contributed by atoms with van der Waals surface area (Å²) in [5.74, 6) is 0.0764. The Bertz CT molecular complexity index is 1370. The molecule has 1 aliphatic rings. The number of nitrogens with one attached hydrogen (secondary N) is 2. The third kappa shape index (κ3) is 12.8. The second-order valence-corrected chi connectivity index (χ2v) is 14.5. The first-order valence-corrected chi connectivity index (χ1v) is 16.7. The number of amides is 2. The van der Waals surface area contributed by atoms with Crippen LogP contribution in [0, 0.1) is 13.8 Å². The van der Waals surface area contributed by atoms with Crippen LogP contribution in [0.3, 0.4) is 0 Å². The average molecular weight is 659 g/mol. The van der Waals surface area contributed by atoms with E-state index in [1.807, 2.05) is 67.5 Å². The molecule has 0 spiro atoms. The second kappa shape index (κ2) is 16.4. The van der Waals surface area contributed by atoms with Crippen LogP contribution in [0.4, 0.5) is 10.7 Å². The molecule has 12 nitrogen and oxygen atoms in total. The van der Waals surface area contributed by atoms with Crippen LogP contribution in [-0.4, -0.2) is 95.2 Å². The van der Waals surface area contributed by atoms with Gasteiger partial charge in [-0.3, -0.25) is 9.69 Å². The SMILES string of the molecule is Cc1cc(C)c(-c2cc(SCCC(=O)NC(CCNC(=O)OC(C)(C)C)CN3CCOCC3)nc(N)n2)cc1C(=O)OC(C)(C)C. The number of rotatable bonds is 12. The second-order valence-electron chi connectivity index (χ2n) is 13.4. The molecule has 3 rings (SSSR count). The van der Waals surface area contributed by atoms with E-state index < -0.39 is 23.3 Å². The van der Waals surface area contributed by atoms with E-state index in [0.29, 0.717) is 54.8 Å². The predicted molar refractivity (Wildman–Crippen MR) is 180 cm³/mol. The van der Waals surface area contributed by atoms with Gasteiger partial charge in [-0.25, -0.2) is 19.6 Å². The lowest BCUT2D eigenvalue weighted by molar-refractivity contribution is -0.121. The van der Waals surface area contributed by atoms with Crippen LogP contribution in [-0.2, 0) is 19.0 Å². The molecule has 0 saturated carbocycles. The lowest BCUT2D eigenvalue weighted by Gasteiger charge is -2.31. The molecular weight excluding hydrogens is 608 g/mol. The molecule has 2 aromatic rings. The summed E-state index contributed by atoms with van der Waals surface area (Å²) in [6.45, 7) is 18.7. The molecule has 2 amide bonds. The van der Waals surface area contributed by atoms with Crippen molar-refractivity contribution in [3.8, 4) is 11.3 Å². The Kier molecular flexibility index (Phi) is 13.2. The maximum atomic E-state index is 13.0. The van der Waals surface area contributed by atoms with Crippen molar-refractivity contribution in [2.75, 3.05) is 50.9 Å². The molecule has 13 heteroatoms. The molecule has 0 radical (unpaired) electrons. The number of carbonyl (C=O) groups excluding carboxylic acids is 3. The molecule has 1 unspecified atom stereocenters. The van der Waals surface area contributed by atoms with Gasteiger partial charge >= 0.3 is 12.1 Å². The number of aryl methyl sites for hydroxylation is 2. The number of hydrogen-bond acceptors (Lipinski definition) is 11. The number of benzene rings is 1. The molecule has 1 aromatic carbocycles. The van der Waals surface area contributed by atoms with E-state index in [-0.39, 0.29) is 24.3 Å². The normalized spacial score (nSPS) is 14.8. The summed E-state index contributed by atoms with van der Waals surface area (Å²) < 4.78 is 16.4. The van der Waals surface area contributed by atoms with Crippen molar-refractivity contribution in [1.29, 1.82) is 0 Å². The van der Waals surface area contributed by atoms with E-state index >= 15 is 0 Å². The fourth-order valence-corrected chi connectivity index (χ4v) is 5.70. The molecule has 1 aromatic heterocycles. The smallest absolute Gasteiger partial charge is 0.407 e. The van der Waals surface area contributed by atoms with Gasteiger partial charge in [0.15, 0.2) is 0 Å². The lowest BCUT2D eigenvalue weighted by Crippen LogP contribution is -2.48. The molecule has 0 bridgehead atoms. The Hall–Kier alpha value is -3.42. The Morgan fingerprint density at radius 1 is 1.00 bits per heavy atom. The van der Waals surface area contributed by atoms with Crippen molar-refractivity contribution < 1.29 is 28.6 Å². The number of nitrogens with zero attached hydrogens (tertiary/aromatic N) is 3. The van der Waals surface area contributed by atoms with Crippen molar-refractivity contribution in [3.63, 3.8) is 0 Å². The van der Waals surface area contributed by atoms with Crippen molar-refractivity contribution in [1.82, 2.24) is 25.5 Å². The number of carbonyl (C=O) groups is 3. The summed E-state index contributed by atoms with van der Waals surface area (Å²) in [7, 11) is 0. The molecule has 1 atom stereocenters. The van der Waals surface area contributed by atoms with Gasteiger partial charge in [0, 0.05) is 50.0 Å². The Labute approximate surface area is 276 Å². The largest absolute Gasteiger partial charge is 0.456 e. The number of morpholine rings is 1. The van der Waals surface area contributed by atoms with E-state index in [9.17, 15) is 14.4 Å². The lowest BCUT2D eigenvalue weighted by atomic mass is 9.97. The Balaban J connectivity index is 1.63. The van der Waals surface area contributed by atoms with Crippen LogP contribution in [0.15, 0.2) is 23.2 Å². The zero-order valence-electron chi connectivity index (χ0n) is 28.5. The molecule has 0 aliphatic carbocycles. The van der Waals surface area contributed by atoms with E-state index in [1.54, 1.807) is 6.07 Å². The number of anilines is 1. The Morgan fingerprint density at radius 3 is 2.33 bits per heavy atom. The Morgan fingerprint density at radius 2 is 1.67 bits per heavy atom. The highest BCUT2D eigenvalue weighted by Crippen LogP contribution is 2.30. The fourth-order valence-electron chi connectivity index (χ4n) is 4.85. The van der Waals surface area contributed by atoms with Gasteiger partial charge in [-0.2, -0.15) is 0 Å². The number of thioether (sulfide) groups is 1. The molecule has 4 N–H and O–H groups in total. The first-order valence-electron chi connectivity index (χ1n) is 15.7. The van der Waals surface area contributed by atoms with Crippen LogP contribution in [0.5, 0.6) is 0 Å². The summed E-state index contributed by atoms with van der Waals surface area (Å²) in [6.07, 6.45) is 0.336. The maximum absolute atomic E-state index is 13.0. The summed E-state index contributed by atoms with van der Waals surface area (Å²) in [6, 6.07) is 5.38. The van der Waals surface area contributed by atoms with Gasteiger partial charge < -0.3 is 30.6 Å². The number of aromatic nitrogens is 2. The third-order valence-electron chi connectivity index (χ3n) is 6.87. The number of nitrogens with two attached hydrogens (primary N) is 1. The van der Waals surface area contributed by atoms with E-state index in [1.165, 1.54) is 11.8 Å². The quantitative estimate of drug-likeness (QED) is 0.167. The highest BCUT2D eigenvalue weighted by atomic mass is 32.2. The van der Waals surface area contributed by atoms with Crippen molar-refractivity contribution in [2.24, 2.45) is 0 Å². The van der Waals surface area contributed by atoms with E-state index in [4.69, 9.17) is 19.9 Å². The van der Waals surface area contributed by atoms with Gasteiger partial charge in [0.2, 0.25) is 11.9 Å². The van der Waals surface area contributed by atoms with Gasteiger partial charge in [-0.05, 0) is 85.1 Å². The minimum absolute atomic E-state index is 0.0957. The topological polar surface area (TPSA) is 158 Å². The molecule has 2 heterocycles. The number of alkyl carbamates (subject to hydrolysis) is 1. The molecule has 1 saturated heterocycles. The zero-order chi connectivity index (χ0) is 34.1. The first-order chi connectivity index (χ1) is 21.5. The molecule has 46 heavy (non-hydrogen) atoms. The number of esters is 1. The average Bonchev–Trinajstić information content (AvgIpc) is 2.91. The molecular formula is C33H50N6O6S. The van der Waals surface area contributed by atoms with Gasteiger partial charge in [0.25, 0.3) is 0 Å². The van der Waals surface area contributed by atoms with Crippen LogP contribution in [0.2, 0.25) is 0 Å². The molecule has 1 fully saturated rings. The third-order valence-corrected chi connectivity index (χ3v) is 7.79.